The van der Waals surface area contributed by atoms with Gasteiger partial charge in [-0.1, -0.05) is 18.2 Å². The largest absolute Gasteiger partial charge is 0.367 e. The molecule has 1 aromatic carbocycles. The Labute approximate surface area is 192 Å². The molecule has 3 aromatic rings. The summed E-state index contributed by atoms with van der Waals surface area (Å²) in [6.07, 6.45) is 1.83. The zero-order chi connectivity index (χ0) is 24.1. The van der Waals surface area contributed by atoms with Crippen molar-refractivity contribution in [1.82, 2.24) is 15.3 Å². The van der Waals surface area contributed by atoms with E-state index in [1.807, 2.05) is 26.8 Å². The summed E-state index contributed by atoms with van der Waals surface area (Å²) in [5.74, 6) is -0.0432. The van der Waals surface area contributed by atoms with E-state index in [1.54, 1.807) is 37.3 Å². The molecule has 8 heteroatoms. The van der Waals surface area contributed by atoms with Gasteiger partial charge >= 0.3 is 0 Å². The minimum absolute atomic E-state index is 0.0115. The van der Waals surface area contributed by atoms with E-state index in [1.165, 1.54) is 0 Å². The van der Waals surface area contributed by atoms with Crippen LogP contribution in [-0.2, 0) is 6.54 Å². The number of hydrogen-bond donors (Lipinski definition) is 4. The number of rotatable bonds is 8. The standard InChI is InChI=1S/C25H27N5O3/c1-14(2)28-23-20(11-26)19(10-22(30-23)18-7-5-6-17(9-18)13-31)24(32)27-12-21-15(3)8-16(4)29-25(21)33/h5-11,13-14,26H,12H2,1-4H3,(H,27,32)(H,28,30)(H,29,33). The molecule has 2 heterocycles. The van der Waals surface area contributed by atoms with E-state index >= 15 is 0 Å². The predicted molar refractivity (Wildman–Crippen MR) is 129 cm³/mol. The topological polar surface area (TPSA) is 128 Å². The first kappa shape index (κ1) is 23.6. The first-order valence-electron chi connectivity index (χ1n) is 10.6. The summed E-state index contributed by atoms with van der Waals surface area (Å²) in [4.78, 5) is 44.1. The van der Waals surface area contributed by atoms with Crippen LogP contribution in [0.4, 0.5) is 5.82 Å². The number of aromatic amines is 1. The van der Waals surface area contributed by atoms with Gasteiger partial charge in [0.25, 0.3) is 11.5 Å². The minimum Gasteiger partial charge on any atom is -0.367 e. The molecule has 8 nitrogen and oxygen atoms in total. The molecular formula is C25H27N5O3. The van der Waals surface area contributed by atoms with Crippen LogP contribution in [0.2, 0.25) is 0 Å². The molecule has 0 saturated heterocycles. The summed E-state index contributed by atoms with van der Waals surface area (Å²) in [7, 11) is 0. The predicted octanol–water partition coefficient (Wildman–Crippen LogP) is 3.61. The number of nitrogens with one attached hydrogen (secondary N) is 4. The maximum Gasteiger partial charge on any atom is 0.253 e. The van der Waals surface area contributed by atoms with Crippen LogP contribution in [-0.4, -0.2) is 34.4 Å². The molecule has 3 rings (SSSR count). The Kier molecular flexibility index (Phi) is 7.17. The SMILES string of the molecule is Cc1cc(C)c(CNC(=O)c2cc(-c3cccc(C=O)c3)nc(NC(C)C)c2C=N)c(=O)[nH]1. The van der Waals surface area contributed by atoms with Crippen LogP contribution in [0.5, 0.6) is 0 Å². The summed E-state index contributed by atoms with van der Waals surface area (Å²) in [6, 6.07) is 10.4. The first-order valence-corrected chi connectivity index (χ1v) is 10.6. The number of amides is 1. The molecule has 4 N–H and O–H groups in total. The smallest absolute Gasteiger partial charge is 0.253 e. The van der Waals surface area contributed by atoms with Gasteiger partial charge in [0.2, 0.25) is 0 Å². The number of anilines is 1. The number of carbonyl (C=O) groups excluding carboxylic acids is 2. The Morgan fingerprint density at radius 1 is 1.21 bits per heavy atom. The van der Waals surface area contributed by atoms with Gasteiger partial charge in [0.1, 0.15) is 12.1 Å². The fourth-order valence-electron chi connectivity index (χ4n) is 3.56. The number of H-pyrrole nitrogens is 1. The second-order valence-corrected chi connectivity index (χ2v) is 8.13. The van der Waals surface area contributed by atoms with Crippen molar-refractivity contribution in [2.75, 3.05) is 5.32 Å². The van der Waals surface area contributed by atoms with E-state index in [4.69, 9.17) is 5.41 Å². The second kappa shape index (κ2) is 10.0. The Morgan fingerprint density at radius 3 is 2.61 bits per heavy atom. The molecular weight excluding hydrogens is 418 g/mol. The van der Waals surface area contributed by atoms with Crippen molar-refractivity contribution in [1.29, 1.82) is 5.41 Å². The van der Waals surface area contributed by atoms with Crippen molar-refractivity contribution in [2.24, 2.45) is 0 Å². The van der Waals surface area contributed by atoms with E-state index in [9.17, 15) is 14.4 Å². The number of pyridine rings is 2. The third kappa shape index (κ3) is 5.41. The average molecular weight is 446 g/mol. The second-order valence-electron chi connectivity index (χ2n) is 8.13. The maximum absolute atomic E-state index is 13.2. The zero-order valence-electron chi connectivity index (χ0n) is 19.1. The van der Waals surface area contributed by atoms with Crippen LogP contribution in [0.15, 0.2) is 41.2 Å². The quantitative estimate of drug-likeness (QED) is 0.311. The Hall–Kier alpha value is -4.07. The molecule has 33 heavy (non-hydrogen) atoms. The molecule has 0 unspecified atom stereocenters. The van der Waals surface area contributed by atoms with Gasteiger partial charge in [-0.25, -0.2) is 4.98 Å². The van der Waals surface area contributed by atoms with Gasteiger partial charge in [0.05, 0.1) is 11.3 Å². The molecule has 0 fully saturated rings. The van der Waals surface area contributed by atoms with Gasteiger partial charge in [0, 0.05) is 46.7 Å². The van der Waals surface area contributed by atoms with Crippen molar-refractivity contribution >= 4 is 24.2 Å². The molecule has 0 saturated carbocycles. The number of aldehydes is 1. The zero-order valence-corrected chi connectivity index (χ0v) is 19.1. The lowest BCUT2D eigenvalue weighted by Crippen LogP contribution is -2.29. The van der Waals surface area contributed by atoms with Gasteiger partial charge in [-0.15, -0.1) is 0 Å². The monoisotopic (exact) mass is 445 g/mol. The first-order chi connectivity index (χ1) is 15.7. The fraction of sp³-hybridized carbons (Fsp3) is 0.240. The van der Waals surface area contributed by atoms with Crippen molar-refractivity contribution in [3.05, 3.63) is 80.3 Å². The molecule has 0 radical (unpaired) electrons. The number of carbonyl (C=O) groups is 2. The third-order valence-electron chi connectivity index (χ3n) is 5.11. The van der Waals surface area contributed by atoms with E-state index in [-0.39, 0.29) is 23.7 Å². The van der Waals surface area contributed by atoms with Crippen LogP contribution >= 0.6 is 0 Å². The summed E-state index contributed by atoms with van der Waals surface area (Å²) in [5.41, 5.74) is 3.99. The lowest BCUT2D eigenvalue weighted by atomic mass is 10.0. The molecule has 2 aromatic heterocycles. The van der Waals surface area contributed by atoms with Gasteiger partial charge in [-0.2, -0.15) is 0 Å². The van der Waals surface area contributed by atoms with Crippen molar-refractivity contribution in [2.45, 2.75) is 40.3 Å². The molecule has 0 aliphatic heterocycles. The van der Waals surface area contributed by atoms with Crippen LogP contribution in [0, 0.1) is 19.3 Å². The molecule has 1 amide bonds. The van der Waals surface area contributed by atoms with E-state index in [0.717, 1.165) is 23.8 Å². The van der Waals surface area contributed by atoms with Gasteiger partial charge in [-0.05, 0) is 51.5 Å². The van der Waals surface area contributed by atoms with Gasteiger partial charge < -0.3 is 21.0 Å². The summed E-state index contributed by atoms with van der Waals surface area (Å²) in [6.45, 7) is 7.53. The number of benzene rings is 1. The highest BCUT2D eigenvalue weighted by Crippen LogP contribution is 2.26. The van der Waals surface area contributed by atoms with E-state index < -0.39 is 5.91 Å². The normalized spacial score (nSPS) is 10.7. The maximum atomic E-state index is 13.2. The molecule has 0 aliphatic carbocycles. The fourth-order valence-corrected chi connectivity index (χ4v) is 3.56. The van der Waals surface area contributed by atoms with Crippen molar-refractivity contribution < 1.29 is 9.59 Å². The molecule has 0 atom stereocenters. The number of aromatic nitrogens is 2. The number of nitrogens with zero attached hydrogens (tertiary/aromatic N) is 1. The summed E-state index contributed by atoms with van der Waals surface area (Å²) in [5, 5.41) is 13.9. The van der Waals surface area contributed by atoms with E-state index in [0.29, 0.717) is 33.8 Å². The van der Waals surface area contributed by atoms with Crippen LogP contribution in [0.3, 0.4) is 0 Å². The molecule has 0 aliphatic rings. The van der Waals surface area contributed by atoms with Crippen LogP contribution in [0.1, 0.15) is 56.9 Å². The number of hydrogen-bond acceptors (Lipinski definition) is 6. The molecule has 0 bridgehead atoms. The Bertz CT molecular complexity index is 1280. The minimum atomic E-state index is -0.435. The van der Waals surface area contributed by atoms with Crippen molar-refractivity contribution in [3.8, 4) is 11.3 Å². The van der Waals surface area contributed by atoms with Crippen LogP contribution in [0.25, 0.3) is 11.3 Å². The summed E-state index contributed by atoms with van der Waals surface area (Å²) < 4.78 is 0. The lowest BCUT2D eigenvalue weighted by Gasteiger charge is -2.17. The third-order valence-corrected chi connectivity index (χ3v) is 5.11. The highest BCUT2D eigenvalue weighted by molar-refractivity contribution is 6.05. The highest BCUT2D eigenvalue weighted by atomic mass is 16.2. The van der Waals surface area contributed by atoms with Crippen molar-refractivity contribution in [3.63, 3.8) is 0 Å². The number of aryl methyl sites for hydroxylation is 2. The Morgan fingerprint density at radius 2 is 1.97 bits per heavy atom. The Balaban J connectivity index is 2.05. The average Bonchev–Trinajstić information content (AvgIpc) is 2.77. The van der Waals surface area contributed by atoms with Gasteiger partial charge in [-0.3, -0.25) is 14.4 Å². The van der Waals surface area contributed by atoms with Gasteiger partial charge in [0.15, 0.2) is 0 Å². The molecule has 0 spiro atoms. The van der Waals surface area contributed by atoms with E-state index in [2.05, 4.69) is 20.6 Å². The molecule has 170 valence electrons. The lowest BCUT2D eigenvalue weighted by molar-refractivity contribution is 0.0950. The highest BCUT2D eigenvalue weighted by Gasteiger charge is 2.19. The van der Waals surface area contributed by atoms with Crippen LogP contribution < -0.4 is 16.2 Å². The summed E-state index contributed by atoms with van der Waals surface area (Å²) >= 11 is 0.